The molecule has 0 spiro atoms. The van der Waals surface area contributed by atoms with E-state index in [0.29, 0.717) is 19.6 Å². The van der Waals surface area contributed by atoms with Gasteiger partial charge in [-0.05, 0) is 32.2 Å². The van der Waals surface area contributed by atoms with Gasteiger partial charge in [0.1, 0.15) is 0 Å². The van der Waals surface area contributed by atoms with Crippen LogP contribution < -0.4 is 5.32 Å². The summed E-state index contributed by atoms with van der Waals surface area (Å²) in [7, 11) is -1.70. The molecular formula is C13H24N4O2S. The van der Waals surface area contributed by atoms with Gasteiger partial charge in [0, 0.05) is 30.9 Å². The summed E-state index contributed by atoms with van der Waals surface area (Å²) in [6.45, 7) is 7.85. The molecule has 6 nitrogen and oxygen atoms in total. The number of hydrogen-bond donors (Lipinski definition) is 2. The van der Waals surface area contributed by atoms with E-state index in [2.05, 4.69) is 29.4 Å². The van der Waals surface area contributed by atoms with Crippen LogP contribution in [-0.2, 0) is 16.6 Å². The SMILES string of the molecule is CNCc1c(S(=O)(=O)N2CCC(C)(C)CC2)n[nH]c1C. The van der Waals surface area contributed by atoms with Gasteiger partial charge in [0.2, 0.25) is 0 Å². The fraction of sp³-hybridized carbons (Fsp3) is 0.769. The fourth-order valence-electron chi connectivity index (χ4n) is 2.48. The molecule has 0 atom stereocenters. The number of aryl methyl sites for hydroxylation is 1. The maximum Gasteiger partial charge on any atom is 0.262 e. The molecule has 20 heavy (non-hydrogen) atoms. The Morgan fingerprint density at radius 3 is 2.50 bits per heavy atom. The van der Waals surface area contributed by atoms with Crippen LogP contribution in [0.25, 0.3) is 0 Å². The third-order valence-corrected chi connectivity index (χ3v) is 5.92. The zero-order valence-electron chi connectivity index (χ0n) is 12.7. The zero-order chi connectivity index (χ0) is 15.0. The highest BCUT2D eigenvalue weighted by molar-refractivity contribution is 7.89. The van der Waals surface area contributed by atoms with Gasteiger partial charge in [-0.3, -0.25) is 5.10 Å². The molecular weight excluding hydrogens is 276 g/mol. The molecule has 0 bridgehead atoms. The van der Waals surface area contributed by atoms with Crippen molar-refractivity contribution in [3.8, 4) is 0 Å². The number of hydrogen-bond acceptors (Lipinski definition) is 4. The minimum absolute atomic E-state index is 0.170. The summed E-state index contributed by atoms with van der Waals surface area (Å²) in [5, 5.41) is 9.98. The van der Waals surface area contributed by atoms with E-state index in [1.807, 2.05) is 6.92 Å². The average Bonchev–Trinajstić information content (AvgIpc) is 2.72. The molecule has 2 heterocycles. The average molecular weight is 300 g/mol. The molecule has 1 fully saturated rings. The van der Waals surface area contributed by atoms with Crippen LogP contribution in [0.5, 0.6) is 0 Å². The summed E-state index contributed by atoms with van der Waals surface area (Å²) in [5.41, 5.74) is 1.76. The Hall–Kier alpha value is -0.920. The Morgan fingerprint density at radius 1 is 1.35 bits per heavy atom. The second-order valence-corrected chi connectivity index (χ2v) is 8.08. The van der Waals surface area contributed by atoms with Gasteiger partial charge in [0.05, 0.1) is 0 Å². The normalized spacial score (nSPS) is 20.2. The van der Waals surface area contributed by atoms with E-state index in [0.717, 1.165) is 24.1 Å². The maximum atomic E-state index is 12.7. The molecule has 0 amide bonds. The zero-order valence-corrected chi connectivity index (χ0v) is 13.5. The highest BCUT2D eigenvalue weighted by atomic mass is 32.2. The van der Waals surface area contributed by atoms with Crippen LogP contribution in [0.3, 0.4) is 0 Å². The summed E-state index contributed by atoms with van der Waals surface area (Å²) in [4.78, 5) is 0. The number of aromatic amines is 1. The van der Waals surface area contributed by atoms with Crippen LogP contribution >= 0.6 is 0 Å². The molecule has 0 saturated carbocycles. The molecule has 0 radical (unpaired) electrons. The number of piperidine rings is 1. The summed E-state index contributed by atoms with van der Waals surface area (Å²) in [6.07, 6.45) is 1.77. The van der Waals surface area contributed by atoms with Crippen molar-refractivity contribution in [2.75, 3.05) is 20.1 Å². The molecule has 1 aliphatic heterocycles. The predicted octanol–water partition coefficient (Wildman–Crippen LogP) is 1.25. The lowest BCUT2D eigenvalue weighted by Crippen LogP contribution is -2.41. The Bertz CT molecular complexity index is 567. The highest BCUT2D eigenvalue weighted by Gasteiger charge is 2.35. The summed E-state index contributed by atoms with van der Waals surface area (Å²) in [6, 6.07) is 0. The van der Waals surface area contributed by atoms with Gasteiger partial charge in [-0.1, -0.05) is 13.8 Å². The van der Waals surface area contributed by atoms with E-state index in [1.165, 1.54) is 0 Å². The van der Waals surface area contributed by atoms with Crippen molar-refractivity contribution in [2.24, 2.45) is 5.41 Å². The first kappa shape index (κ1) is 15.5. The second kappa shape index (κ2) is 5.46. The van der Waals surface area contributed by atoms with Crippen molar-refractivity contribution >= 4 is 10.0 Å². The summed E-state index contributed by atoms with van der Waals surface area (Å²) >= 11 is 0. The summed E-state index contributed by atoms with van der Waals surface area (Å²) < 4.78 is 27.0. The smallest absolute Gasteiger partial charge is 0.262 e. The first-order chi connectivity index (χ1) is 9.28. The Kier molecular flexibility index (Phi) is 4.22. The summed E-state index contributed by atoms with van der Waals surface area (Å²) in [5.74, 6) is 0. The highest BCUT2D eigenvalue weighted by Crippen LogP contribution is 2.32. The third-order valence-electron chi connectivity index (χ3n) is 4.05. The second-order valence-electron chi connectivity index (χ2n) is 6.23. The number of nitrogens with one attached hydrogen (secondary N) is 2. The lowest BCUT2D eigenvalue weighted by molar-refractivity contribution is 0.195. The number of nitrogens with zero attached hydrogens (tertiary/aromatic N) is 2. The van der Waals surface area contributed by atoms with Gasteiger partial charge >= 0.3 is 0 Å². The number of aromatic nitrogens is 2. The van der Waals surface area contributed by atoms with Crippen LogP contribution in [0.2, 0.25) is 0 Å². The van der Waals surface area contributed by atoms with Crippen molar-refractivity contribution in [3.05, 3.63) is 11.3 Å². The van der Waals surface area contributed by atoms with E-state index < -0.39 is 10.0 Å². The van der Waals surface area contributed by atoms with Crippen molar-refractivity contribution < 1.29 is 8.42 Å². The Labute approximate surface area is 121 Å². The Morgan fingerprint density at radius 2 is 1.95 bits per heavy atom. The molecule has 0 aliphatic carbocycles. The molecule has 114 valence electrons. The molecule has 1 aromatic heterocycles. The molecule has 2 rings (SSSR count). The van der Waals surface area contributed by atoms with Gasteiger partial charge in [-0.2, -0.15) is 9.40 Å². The number of sulfonamides is 1. The molecule has 0 aromatic carbocycles. The van der Waals surface area contributed by atoms with E-state index in [-0.39, 0.29) is 10.4 Å². The molecule has 1 aliphatic rings. The topological polar surface area (TPSA) is 78.1 Å². The van der Waals surface area contributed by atoms with Crippen LogP contribution in [0, 0.1) is 12.3 Å². The van der Waals surface area contributed by atoms with E-state index in [9.17, 15) is 8.42 Å². The van der Waals surface area contributed by atoms with Crippen LogP contribution in [0.15, 0.2) is 5.03 Å². The first-order valence-corrected chi connectivity index (χ1v) is 8.40. The van der Waals surface area contributed by atoms with Crippen molar-refractivity contribution in [1.82, 2.24) is 19.8 Å². The van der Waals surface area contributed by atoms with Gasteiger partial charge < -0.3 is 5.32 Å². The van der Waals surface area contributed by atoms with E-state index >= 15 is 0 Å². The van der Waals surface area contributed by atoms with Crippen molar-refractivity contribution in [2.45, 2.75) is 45.2 Å². The largest absolute Gasteiger partial charge is 0.316 e. The van der Waals surface area contributed by atoms with Crippen LogP contribution in [0.4, 0.5) is 0 Å². The van der Waals surface area contributed by atoms with Crippen LogP contribution in [0.1, 0.15) is 37.9 Å². The molecule has 1 saturated heterocycles. The van der Waals surface area contributed by atoms with E-state index in [1.54, 1.807) is 11.4 Å². The molecule has 0 unspecified atom stereocenters. The van der Waals surface area contributed by atoms with E-state index in [4.69, 9.17) is 0 Å². The molecule has 7 heteroatoms. The predicted molar refractivity (Wildman–Crippen MR) is 77.9 cm³/mol. The van der Waals surface area contributed by atoms with Gasteiger partial charge in [-0.15, -0.1) is 0 Å². The van der Waals surface area contributed by atoms with Gasteiger partial charge in [-0.25, -0.2) is 8.42 Å². The maximum absolute atomic E-state index is 12.7. The lowest BCUT2D eigenvalue weighted by Gasteiger charge is -2.35. The number of rotatable bonds is 4. The molecule has 1 aromatic rings. The van der Waals surface area contributed by atoms with Gasteiger partial charge in [0.15, 0.2) is 5.03 Å². The lowest BCUT2D eigenvalue weighted by atomic mass is 9.83. The van der Waals surface area contributed by atoms with Gasteiger partial charge in [0.25, 0.3) is 10.0 Å². The molecule has 2 N–H and O–H groups in total. The fourth-order valence-corrected chi connectivity index (χ4v) is 4.09. The quantitative estimate of drug-likeness (QED) is 0.877. The minimum Gasteiger partial charge on any atom is -0.316 e. The minimum atomic E-state index is -3.49. The Balaban J connectivity index is 2.27. The standard InChI is InChI=1S/C13H24N4O2S/c1-10-11(9-14-4)12(16-15-10)20(18,19)17-7-5-13(2,3)6-8-17/h14H,5-9H2,1-4H3,(H,15,16). The monoisotopic (exact) mass is 300 g/mol. The van der Waals surface area contributed by atoms with Crippen LogP contribution in [-0.4, -0.2) is 43.1 Å². The van der Waals surface area contributed by atoms with Crippen molar-refractivity contribution in [1.29, 1.82) is 0 Å². The third kappa shape index (κ3) is 2.89. The number of H-pyrrole nitrogens is 1. The van der Waals surface area contributed by atoms with Crippen molar-refractivity contribution in [3.63, 3.8) is 0 Å². The first-order valence-electron chi connectivity index (χ1n) is 6.96.